The van der Waals surface area contributed by atoms with Gasteiger partial charge in [0.15, 0.2) is 0 Å². The molecule has 0 unspecified atom stereocenters. The quantitative estimate of drug-likeness (QED) is 0.470. The number of nitrogens with zero attached hydrogens (tertiary/aromatic N) is 2. The minimum absolute atomic E-state index is 0.0562. The number of amides is 2. The van der Waals surface area contributed by atoms with Crippen LogP contribution in [-0.4, -0.2) is 35.4 Å². The lowest BCUT2D eigenvalue weighted by molar-refractivity contribution is -0.116. The Kier molecular flexibility index (Phi) is 5.50. The zero-order valence-electron chi connectivity index (χ0n) is 15.3. The molecular weight excluding hydrogens is 356 g/mol. The number of anilines is 3. The Balaban J connectivity index is 2.01. The smallest absolute Gasteiger partial charge is 0.247 e. The fourth-order valence-corrected chi connectivity index (χ4v) is 2.71. The molecule has 0 bridgehead atoms. The van der Waals surface area contributed by atoms with Gasteiger partial charge in [0.1, 0.15) is 5.82 Å². The molecule has 3 rings (SSSR count). The molecule has 0 aliphatic rings. The second-order valence-electron chi connectivity index (χ2n) is 5.97. The number of primary amides is 1. The van der Waals surface area contributed by atoms with Gasteiger partial charge in [-0.3, -0.25) is 9.59 Å². The predicted molar refractivity (Wildman–Crippen MR) is 111 cm³/mol. The van der Waals surface area contributed by atoms with Crippen molar-refractivity contribution < 1.29 is 9.59 Å². The number of benzene rings is 2. The maximum absolute atomic E-state index is 11.5. The summed E-state index contributed by atoms with van der Waals surface area (Å²) in [5, 5.41) is 9.43. The second-order valence-corrected chi connectivity index (χ2v) is 5.97. The Labute approximate surface area is 161 Å². The van der Waals surface area contributed by atoms with Gasteiger partial charge in [-0.15, -0.1) is 0 Å². The van der Waals surface area contributed by atoms with E-state index in [-0.39, 0.29) is 12.5 Å². The van der Waals surface area contributed by atoms with Gasteiger partial charge in [-0.1, -0.05) is 24.8 Å². The molecule has 2 aromatic carbocycles. The third-order valence-corrected chi connectivity index (χ3v) is 4.00. The van der Waals surface area contributed by atoms with Crippen LogP contribution in [0.3, 0.4) is 0 Å². The molecule has 0 saturated carbocycles. The minimum Gasteiger partial charge on any atom is -0.372 e. The van der Waals surface area contributed by atoms with Crippen LogP contribution in [0, 0.1) is 0 Å². The Hall–Kier alpha value is -3.94. The number of fused-ring (bicyclic) bond motifs is 1. The first kappa shape index (κ1) is 18.8. The van der Waals surface area contributed by atoms with Gasteiger partial charge < -0.3 is 21.7 Å². The molecule has 3 aromatic rings. The topological polar surface area (TPSA) is 122 Å². The average molecular weight is 376 g/mol. The number of aromatic nitrogens is 2. The van der Waals surface area contributed by atoms with Crippen molar-refractivity contribution in [1.82, 2.24) is 9.97 Å². The van der Waals surface area contributed by atoms with Gasteiger partial charge in [-0.2, -0.15) is 4.98 Å². The Morgan fingerprint density at radius 2 is 1.93 bits per heavy atom. The standard InChI is InChI=1S/C20H20N6O2/c1-3-18(28)24-14-6-4-5-12(9-14)13-7-8-15-16(10-13)25-20(23-11-17(21)27)26-19(15)22-2/h3-10H,1,11H2,2H3,(H2,21,27)(H,24,28)(H2,22,23,25,26). The van der Waals surface area contributed by atoms with Crippen LogP contribution in [0.2, 0.25) is 0 Å². The van der Waals surface area contributed by atoms with Crippen LogP contribution in [0.25, 0.3) is 22.0 Å². The lowest BCUT2D eigenvalue weighted by Gasteiger charge is -2.11. The van der Waals surface area contributed by atoms with Crippen molar-refractivity contribution in [2.24, 2.45) is 5.73 Å². The summed E-state index contributed by atoms with van der Waals surface area (Å²) < 4.78 is 0. The van der Waals surface area contributed by atoms with Crippen molar-refractivity contribution in [2.45, 2.75) is 0 Å². The van der Waals surface area contributed by atoms with Crippen molar-refractivity contribution in [2.75, 3.05) is 29.5 Å². The van der Waals surface area contributed by atoms with E-state index in [1.807, 2.05) is 36.4 Å². The highest BCUT2D eigenvalue weighted by molar-refractivity contribution is 5.99. The lowest BCUT2D eigenvalue weighted by atomic mass is 10.0. The fourth-order valence-electron chi connectivity index (χ4n) is 2.71. The van der Waals surface area contributed by atoms with Gasteiger partial charge in [0, 0.05) is 18.1 Å². The summed E-state index contributed by atoms with van der Waals surface area (Å²) in [6.07, 6.45) is 1.22. The summed E-state index contributed by atoms with van der Waals surface area (Å²) in [6.45, 7) is 3.40. The number of carbonyl (C=O) groups excluding carboxylic acids is 2. The number of nitrogens with two attached hydrogens (primary N) is 1. The summed E-state index contributed by atoms with van der Waals surface area (Å²) >= 11 is 0. The van der Waals surface area contributed by atoms with E-state index in [2.05, 4.69) is 32.5 Å². The number of nitrogens with one attached hydrogen (secondary N) is 3. The van der Waals surface area contributed by atoms with Crippen molar-refractivity contribution in [3.8, 4) is 11.1 Å². The number of hydrogen-bond donors (Lipinski definition) is 4. The molecule has 8 nitrogen and oxygen atoms in total. The van der Waals surface area contributed by atoms with Crippen molar-refractivity contribution >= 4 is 40.2 Å². The van der Waals surface area contributed by atoms with Gasteiger partial charge in [0.2, 0.25) is 17.8 Å². The Morgan fingerprint density at radius 3 is 2.64 bits per heavy atom. The molecule has 8 heteroatoms. The van der Waals surface area contributed by atoms with E-state index in [9.17, 15) is 9.59 Å². The van der Waals surface area contributed by atoms with E-state index in [0.29, 0.717) is 23.0 Å². The normalized spacial score (nSPS) is 10.3. The third-order valence-electron chi connectivity index (χ3n) is 4.00. The second kappa shape index (κ2) is 8.17. The van der Waals surface area contributed by atoms with Crippen LogP contribution < -0.4 is 21.7 Å². The van der Waals surface area contributed by atoms with Gasteiger partial charge in [0.05, 0.1) is 12.1 Å². The van der Waals surface area contributed by atoms with Crippen LogP contribution in [0.5, 0.6) is 0 Å². The maximum Gasteiger partial charge on any atom is 0.247 e. The van der Waals surface area contributed by atoms with E-state index >= 15 is 0 Å². The highest BCUT2D eigenvalue weighted by Crippen LogP contribution is 2.29. The SMILES string of the molecule is C=CC(=O)Nc1cccc(-c2ccc3c(NC)nc(NCC(N)=O)nc3c2)c1. The van der Waals surface area contributed by atoms with E-state index in [1.54, 1.807) is 13.1 Å². The molecule has 0 spiro atoms. The van der Waals surface area contributed by atoms with Crippen molar-refractivity contribution in [1.29, 1.82) is 0 Å². The van der Waals surface area contributed by atoms with Crippen LogP contribution in [0.4, 0.5) is 17.5 Å². The van der Waals surface area contributed by atoms with E-state index in [4.69, 9.17) is 5.73 Å². The van der Waals surface area contributed by atoms with Crippen LogP contribution in [0.1, 0.15) is 0 Å². The minimum atomic E-state index is -0.498. The average Bonchev–Trinajstić information content (AvgIpc) is 2.71. The largest absolute Gasteiger partial charge is 0.372 e. The monoisotopic (exact) mass is 376 g/mol. The summed E-state index contributed by atoms with van der Waals surface area (Å²) in [4.78, 5) is 31.4. The van der Waals surface area contributed by atoms with E-state index in [1.165, 1.54) is 6.08 Å². The first-order chi connectivity index (χ1) is 13.5. The first-order valence-corrected chi connectivity index (χ1v) is 8.55. The van der Waals surface area contributed by atoms with Crippen LogP contribution in [-0.2, 0) is 9.59 Å². The molecule has 0 radical (unpaired) electrons. The fraction of sp³-hybridized carbons (Fsp3) is 0.100. The third kappa shape index (κ3) is 4.24. The molecule has 1 aromatic heterocycles. The Bertz CT molecular complexity index is 1060. The number of carbonyl (C=O) groups is 2. The number of hydrogen-bond acceptors (Lipinski definition) is 6. The summed E-state index contributed by atoms with van der Waals surface area (Å²) in [5.74, 6) is 0.171. The molecule has 2 amide bonds. The molecule has 0 aliphatic carbocycles. The molecule has 0 saturated heterocycles. The molecule has 1 heterocycles. The first-order valence-electron chi connectivity index (χ1n) is 8.55. The predicted octanol–water partition coefficient (Wildman–Crippen LogP) is 2.36. The lowest BCUT2D eigenvalue weighted by Crippen LogP contribution is -2.22. The van der Waals surface area contributed by atoms with Gasteiger partial charge >= 0.3 is 0 Å². The number of rotatable bonds is 7. The van der Waals surface area contributed by atoms with Crippen molar-refractivity contribution in [3.05, 3.63) is 55.1 Å². The molecule has 5 N–H and O–H groups in total. The summed E-state index contributed by atoms with van der Waals surface area (Å²) in [6, 6.07) is 13.3. The maximum atomic E-state index is 11.5. The molecule has 142 valence electrons. The molecular formula is C20H20N6O2. The Morgan fingerprint density at radius 1 is 1.14 bits per heavy atom. The van der Waals surface area contributed by atoms with E-state index in [0.717, 1.165) is 16.5 Å². The molecule has 0 atom stereocenters. The summed E-state index contributed by atoms with van der Waals surface area (Å²) in [5.41, 5.74) is 8.38. The van der Waals surface area contributed by atoms with Crippen LogP contribution >= 0.6 is 0 Å². The molecule has 0 fully saturated rings. The van der Waals surface area contributed by atoms with Crippen LogP contribution in [0.15, 0.2) is 55.1 Å². The van der Waals surface area contributed by atoms with Crippen molar-refractivity contribution in [3.63, 3.8) is 0 Å². The molecule has 0 aliphatic heterocycles. The zero-order valence-corrected chi connectivity index (χ0v) is 15.3. The van der Waals surface area contributed by atoms with Gasteiger partial charge in [0.25, 0.3) is 0 Å². The highest BCUT2D eigenvalue weighted by Gasteiger charge is 2.09. The van der Waals surface area contributed by atoms with Gasteiger partial charge in [-0.05, 0) is 41.5 Å². The highest BCUT2D eigenvalue weighted by atomic mass is 16.1. The zero-order chi connectivity index (χ0) is 20.1. The van der Waals surface area contributed by atoms with E-state index < -0.39 is 5.91 Å². The summed E-state index contributed by atoms with van der Waals surface area (Å²) in [7, 11) is 1.76. The molecule has 28 heavy (non-hydrogen) atoms. The van der Waals surface area contributed by atoms with Gasteiger partial charge in [-0.25, -0.2) is 4.98 Å².